The fraction of sp³-hybridized carbons (Fsp3) is 1.00. The molecule has 0 bridgehead atoms. The van der Waals surface area contributed by atoms with Crippen LogP contribution in [0.1, 0.15) is 25.7 Å². The zero-order valence-electron chi connectivity index (χ0n) is 8.58. The lowest BCUT2D eigenvalue weighted by molar-refractivity contribution is -0.197. The van der Waals surface area contributed by atoms with Crippen LogP contribution in [0.5, 0.6) is 0 Å². The van der Waals surface area contributed by atoms with Crippen molar-refractivity contribution in [2.45, 2.75) is 36.2 Å². The van der Waals surface area contributed by atoms with Gasteiger partial charge in [0.25, 0.3) is 0 Å². The van der Waals surface area contributed by atoms with Gasteiger partial charge < -0.3 is 9.47 Å². The Morgan fingerprint density at radius 1 is 1.29 bits per heavy atom. The third-order valence-corrected chi connectivity index (χ3v) is 5.80. The van der Waals surface area contributed by atoms with Crippen LogP contribution in [0.3, 0.4) is 0 Å². The summed E-state index contributed by atoms with van der Waals surface area (Å²) in [5, 5.41) is 0. The van der Waals surface area contributed by atoms with Crippen molar-refractivity contribution >= 4 is 9.84 Å². The van der Waals surface area contributed by atoms with Crippen molar-refractivity contribution in [3.63, 3.8) is 0 Å². The van der Waals surface area contributed by atoms with Crippen LogP contribution in [0, 0.1) is 0 Å². The molecule has 1 aliphatic heterocycles. The average Bonchev–Trinajstić information content (AvgIpc) is 2.56. The second kappa shape index (κ2) is 2.93. The summed E-state index contributed by atoms with van der Waals surface area (Å²) in [5.74, 6) is -0.861. The molecule has 1 aliphatic carbocycles. The minimum absolute atomic E-state index is 0.487. The smallest absolute Gasteiger partial charge is 0.187 e. The van der Waals surface area contributed by atoms with Crippen LogP contribution in [0.25, 0.3) is 0 Å². The zero-order valence-corrected chi connectivity index (χ0v) is 9.39. The van der Waals surface area contributed by atoms with Gasteiger partial charge in [0.05, 0.1) is 6.61 Å². The molecule has 1 saturated carbocycles. The van der Waals surface area contributed by atoms with Crippen molar-refractivity contribution in [3.05, 3.63) is 0 Å². The average molecular weight is 220 g/mol. The molecule has 2 fully saturated rings. The van der Waals surface area contributed by atoms with Crippen LogP contribution in [-0.4, -0.2) is 38.9 Å². The number of ether oxygens (including phenoxy) is 2. The second-order valence-electron chi connectivity index (χ2n) is 4.18. The Kier molecular flexibility index (Phi) is 2.18. The van der Waals surface area contributed by atoms with E-state index in [2.05, 4.69) is 0 Å². The molecule has 1 saturated heterocycles. The molecule has 0 aromatic rings. The summed E-state index contributed by atoms with van der Waals surface area (Å²) in [6, 6.07) is 0. The molecular weight excluding hydrogens is 204 g/mol. The molecule has 5 heteroatoms. The highest BCUT2D eigenvalue weighted by Crippen LogP contribution is 2.53. The molecule has 4 nitrogen and oxygen atoms in total. The van der Waals surface area contributed by atoms with E-state index in [0.717, 1.165) is 6.42 Å². The molecule has 14 heavy (non-hydrogen) atoms. The minimum Gasteiger partial charge on any atom is -0.352 e. The van der Waals surface area contributed by atoms with E-state index in [1.165, 1.54) is 13.4 Å². The molecule has 0 aromatic carbocycles. The highest BCUT2D eigenvalue weighted by Gasteiger charge is 2.65. The van der Waals surface area contributed by atoms with Gasteiger partial charge in [0.2, 0.25) is 0 Å². The monoisotopic (exact) mass is 220 g/mol. The van der Waals surface area contributed by atoms with Gasteiger partial charge in [-0.2, -0.15) is 0 Å². The maximum Gasteiger partial charge on any atom is 0.187 e. The summed E-state index contributed by atoms with van der Waals surface area (Å²) in [4.78, 5) is 0. The fourth-order valence-electron chi connectivity index (χ4n) is 2.93. The molecule has 0 N–H and O–H groups in total. The SMILES string of the molecule is COC12CCCC1(S(C)(=O)=O)CCO2. The standard InChI is InChI=1S/C9H16O4S/c1-12-9-5-3-4-8(9,6-7-13-9)14(2,10)11/h3-7H2,1-2H3. The maximum atomic E-state index is 11.8. The summed E-state index contributed by atoms with van der Waals surface area (Å²) in [6.07, 6.45) is 4.08. The van der Waals surface area contributed by atoms with Gasteiger partial charge in [-0.25, -0.2) is 8.42 Å². The van der Waals surface area contributed by atoms with Crippen molar-refractivity contribution in [3.8, 4) is 0 Å². The molecule has 82 valence electrons. The Morgan fingerprint density at radius 2 is 2.00 bits per heavy atom. The van der Waals surface area contributed by atoms with Gasteiger partial charge in [-0.3, -0.25) is 0 Å². The normalized spacial score (nSPS) is 42.7. The fourth-order valence-corrected chi connectivity index (χ4v) is 4.70. The van der Waals surface area contributed by atoms with E-state index in [1.807, 2.05) is 0 Å². The molecule has 2 atom stereocenters. The van der Waals surface area contributed by atoms with Crippen molar-refractivity contribution in [2.24, 2.45) is 0 Å². The molecule has 0 radical (unpaired) electrons. The van der Waals surface area contributed by atoms with Gasteiger partial charge >= 0.3 is 0 Å². The summed E-state index contributed by atoms with van der Waals surface area (Å²) < 4.78 is 33.8. The van der Waals surface area contributed by atoms with E-state index in [-0.39, 0.29) is 0 Å². The van der Waals surface area contributed by atoms with Crippen LogP contribution < -0.4 is 0 Å². The van der Waals surface area contributed by atoms with E-state index in [4.69, 9.17) is 9.47 Å². The highest BCUT2D eigenvalue weighted by molar-refractivity contribution is 7.92. The second-order valence-corrected chi connectivity index (χ2v) is 6.50. The van der Waals surface area contributed by atoms with E-state index in [9.17, 15) is 8.42 Å². The Labute approximate surface area is 84.5 Å². The number of hydrogen-bond donors (Lipinski definition) is 0. The number of methoxy groups -OCH3 is 1. The Bertz CT molecular complexity index is 323. The topological polar surface area (TPSA) is 52.6 Å². The van der Waals surface area contributed by atoms with Gasteiger partial charge in [0.1, 0.15) is 4.75 Å². The Balaban J connectivity index is 2.51. The Morgan fingerprint density at radius 3 is 2.50 bits per heavy atom. The van der Waals surface area contributed by atoms with Crippen molar-refractivity contribution in [1.29, 1.82) is 0 Å². The van der Waals surface area contributed by atoms with E-state index in [1.54, 1.807) is 0 Å². The third-order valence-electron chi connectivity index (χ3n) is 3.66. The molecule has 2 aliphatic rings. The molecule has 0 spiro atoms. The lowest BCUT2D eigenvalue weighted by atomic mass is 10.0. The van der Waals surface area contributed by atoms with Crippen molar-refractivity contribution in [2.75, 3.05) is 20.0 Å². The van der Waals surface area contributed by atoms with Gasteiger partial charge in [0, 0.05) is 19.8 Å². The minimum atomic E-state index is -3.12. The molecular formula is C9H16O4S. The highest BCUT2D eigenvalue weighted by atomic mass is 32.2. The quantitative estimate of drug-likeness (QED) is 0.688. The molecule has 0 aromatic heterocycles. The summed E-state index contributed by atoms with van der Waals surface area (Å²) >= 11 is 0. The predicted molar refractivity (Wildman–Crippen MR) is 51.7 cm³/mol. The first-order valence-electron chi connectivity index (χ1n) is 4.86. The lowest BCUT2D eigenvalue weighted by Crippen LogP contribution is -2.52. The van der Waals surface area contributed by atoms with Crippen LogP contribution in [-0.2, 0) is 19.3 Å². The van der Waals surface area contributed by atoms with Gasteiger partial charge in [-0.05, 0) is 19.3 Å². The van der Waals surface area contributed by atoms with Gasteiger partial charge in [-0.1, -0.05) is 0 Å². The van der Waals surface area contributed by atoms with Crippen LogP contribution >= 0.6 is 0 Å². The van der Waals surface area contributed by atoms with E-state index >= 15 is 0 Å². The number of sulfone groups is 1. The molecule has 0 amide bonds. The van der Waals surface area contributed by atoms with Gasteiger partial charge in [-0.15, -0.1) is 0 Å². The summed E-state index contributed by atoms with van der Waals surface area (Å²) in [6.45, 7) is 0.487. The van der Waals surface area contributed by atoms with E-state index in [0.29, 0.717) is 25.9 Å². The number of hydrogen-bond acceptors (Lipinski definition) is 4. The van der Waals surface area contributed by atoms with Gasteiger partial charge in [0.15, 0.2) is 15.6 Å². The number of rotatable bonds is 2. The first-order valence-corrected chi connectivity index (χ1v) is 6.75. The largest absolute Gasteiger partial charge is 0.352 e. The lowest BCUT2D eigenvalue weighted by Gasteiger charge is -2.35. The zero-order chi connectivity index (χ0) is 10.4. The molecule has 2 unspecified atom stereocenters. The van der Waals surface area contributed by atoms with E-state index < -0.39 is 20.4 Å². The molecule has 2 rings (SSSR count). The molecule has 1 heterocycles. The summed E-state index contributed by atoms with van der Waals surface area (Å²) in [5.41, 5.74) is 0. The van der Waals surface area contributed by atoms with Crippen molar-refractivity contribution < 1.29 is 17.9 Å². The first kappa shape index (κ1) is 10.4. The third kappa shape index (κ3) is 1.03. The maximum absolute atomic E-state index is 11.8. The van der Waals surface area contributed by atoms with Crippen LogP contribution in [0.2, 0.25) is 0 Å². The first-order chi connectivity index (χ1) is 6.47. The Hall–Kier alpha value is -0.130. The summed E-state index contributed by atoms with van der Waals surface area (Å²) in [7, 11) is -1.58. The van der Waals surface area contributed by atoms with Crippen LogP contribution in [0.15, 0.2) is 0 Å². The predicted octanol–water partition coefficient (Wildman–Crippen LogP) is 0.717. The van der Waals surface area contributed by atoms with Crippen LogP contribution in [0.4, 0.5) is 0 Å². The van der Waals surface area contributed by atoms with Crippen molar-refractivity contribution in [1.82, 2.24) is 0 Å². The number of fused-ring (bicyclic) bond motifs is 1.